The monoisotopic (exact) mass is 385 g/mol. The average molecular weight is 386 g/mol. The lowest BCUT2D eigenvalue weighted by molar-refractivity contribution is 0.0525. The molecule has 0 bridgehead atoms. The van der Waals surface area contributed by atoms with Gasteiger partial charge in [0.15, 0.2) is 5.78 Å². The molecule has 2 rings (SSSR count). The van der Waals surface area contributed by atoms with Crippen LogP contribution in [-0.2, 0) is 4.74 Å². The molecule has 1 aromatic heterocycles. The molecule has 2 aromatic rings. The highest BCUT2D eigenvalue weighted by molar-refractivity contribution is 8.00. The molecule has 1 N–H and O–H groups in total. The third-order valence-corrected chi connectivity index (χ3v) is 5.45. The van der Waals surface area contributed by atoms with Crippen LogP contribution in [0.2, 0.25) is 10.0 Å². The molecule has 0 aliphatic rings. The van der Waals surface area contributed by atoms with E-state index in [1.54, 1.807) is 39.0 Å². The number of Topliss-reactive ketones (excluding diaryl/α,β-unsaturated/α-hetero) is 1. The van der Waals surface area contributed by atoms with Crippen molar-refractivity contribution in [3.8, 4) is 0 Å². The first-order valence-corrected chi connectivity index (χ1v) is 9.07. The summed E-state index contributed by atoms with van der Waals surface area (Å²) in [6, 6.07) is 5.20. The fraction of sp³-hybridized carbons (Fsp3) is 0.294. The van der Waals surface area contributed by atoms with Crippen LogP contribution in [0.3, 0.4) is 0 Å². The summed E-state index contributed by atoms with van der Waals surface area (Å²) in [5, 5.41) is 1.01. The van der Waals surface area contributed by atoms with Crippen molar-refractivity contribution < 1.29 is 14.3 Å². The highest BCUT2D eigenvalue weighted by atomic mass is 35.5. The lowest BCUT2D eigenvalue weighted by Gasteiger charge is -2.06. The number of aromatic amines is 1. The number of esters is 1. The Morgan fingerprint density at radius 3 is 2.42 bits per heavy atom. The van der Waals surface area contributed by atoms with E-state index >= 15 is 0 Å². The Kier molecular flexibility index (Phi) is 6.38. The summed E-state index contributed by atoms with van der Waals surface area (Å²) in [6.07, 6.45) is 0. The summed E-state index contributed by atoms with van der Waals surface area (Å²) < 4.78 is 5.03. The van der Waals surface area contributed by atoms with Crippen LogP contribution < -0.4 is 0 Å². The van der Waals surface area contributed by atoms with Crippen LogP contribution in [0, 0.1) is 13.8 Å². The van der Waals surface area contributed by atoms with Crippen molar-refractivity contribution in [3.63, 3.8) is 0 Å². The molecule has 0 aliphatic carbocycles. The van der Waals surface area contributed by atoms with Gasteiger partial charge in [-0.25, -0.2) is 4.79 Å². The molecule has 0 radical (unpaired) electrons. The van der Waals surface area contributed by atoms with Crippen molar-refractivity contribution in [3.05, 3.63) is 50.8 Å². The first kappa shape index (κ1) is 18.9. The first-order valence-electron chi connectivity index (χ1n) is 7.33. The van der Waals surface area contributed by atoms with E-state index in [1.807, 2.05) is 0 Å². The van der Waals surface area contributed by atoms with Gasteiger partial charge >= 0.3 is 5.97 Å². The van der Waals surface area contributed by atoms with E-state index in [-0.39, 0.29) is 18.1 Å². The second kappa shape index (κ2) is 8.10. The molecule has 4 nitrogen and oxygen atoms in total. The lowest BCUT2D eigenvalue weighted by atomic mass is 10.1. The number of thioether (sulfide) groups is 1. The number of ketones is 1. The topological polar surface area (TPSA) is 59.2 Å². The standard InChI is InChI=1S/C17H17Cl2NO3S/c1-4-23-17(22)14-9(2)15(20-10(14)3)13(21)8-24-16-11(18)6-5-7-12(16)19/h5-7,20H,4,8H2,1-3H3. The maximum atomic E-state index is 12.5. The van der Waals surface area contributed by atoms with Crippen molar-refractivity contribution >= 4 is 46.7 Å². The number of benzene rings is 1. The third kappa shape index (κ3) is 3.97. The Bertz CT molecular complexity index is 766. The Hall–Kier alpha value is -1.43. The second-order valence-corrected chi connectivity index (χ2v) is 6.91. The fourth-order valence-corrected chi connectivity index (χ4v) is 3.92. The number of nitrogens with one attached hydrogen (secondary N) is 1. The van der Waals surface area contributed by atoms with E-state index in [9.17, 15) is 9.59 Å². The zero-order valence-corrected chi connectivity index (χ0v) is 15.9. The van der Waals surface area contributed by atoms with Gasteiger partial charge < -0.3 is 9.72 Å². The highest BCUT2D eigenvalue weighted by Gasteiger charge is 2.23. The zero-order chi connectivity index (χ0) is 17.9. The Labute approximate surface area is 154 Å². The van der Waals surface area contributed by atoms with Gasteiger partial charge in [0.1, 0.15) is 0 Å². The first-order chi connectivity index (χ1) is 11.4. The molecule has 0 saturated carbocycles. The summed E-state index contributed by atoms with van der Waals surface area (Å²) >= 11 is 13.5. The SMILES string of the molecule is CCOC(=O)c1c(C)[nH]c(C(=O)CSc2c(Cl)cccc2Cl)c1C. The molecule has 0 fully saturated rings. The maximum Gasteiger partial charge on any atom is 0.340 e. The summed E-state index contributed by atoms with van der Waals surface area (Å²) in [5.74, 6) is -0.399. The van der Waals surface area contributed by atoms with Crippen molar-refractivity contribution in [2.75, 3.05) is 12.4 Å². The Morgan fingerprint density at radius 2 is 1.83 bits per heavy atom. The lowest BCUT2D eigenvalue weighted by Crippen LogP contribution is -2.08. The molecular formula is C17H17Cl2NO3S. The number of hydrogen-bond donors (Lipinski definition) is 1. The molecule has 128 valence electrons. The number of hydrogen-bond acceptors (Lipinski definition) is 4. The number of H-pyrrole nitrogens is 1. The van der Waals surface area contributed by atoms with Gasteiger partial charge in [-0.2, -0.15) is 0 Å². The quantitative estimate of drug-likeness (QED) is 0.427. The molecule has 0 spiro atoms. The van der Waals surface area contributed by atoms with Gasteiger partial charge in [-0.15, -0.1) is 11.8 Å². The fourth-order valence-electron chi connectivity index (χ4n) is 2.37. The molecule has 1 heterocycles. The van der Waals surface area contributed by atoms with E-state index in [1.165, 1.54) is 11.8 Å². The van der Waals surface area contributed by atoms with Gasteiger partial charge in [0.2, 0.25) is 0 Å². The molecule has 0 unspecified atom stereocenters. The van der Waals surface area contributed by atoms with Gasteiger partial charge in [-0.3, -0.25) is 4.79 Å². The normalized spacial score (nSPS) is 10.7. The van der Waals surface area contributed by atoms with Crippen LogP contribution in [0.15, 0.2) is 23.1 Å². The molecule has 0 amide bonds. The molecule has 0 atom stereocenters. The maximum absolute atomic E-state index is 12.5. The van der Waals surface area contributed by atoms with E-state index < -0.39 is 5.97 Å². The van der Waals surface area contributed by atoms with Gasteiger partial charge in [0.05, 0.1) is 33.7 Å². The van der Waals surface area contributed by atoms with Gasteiger partial charge in [-0.05, 0) is 38.5 Å². The van der Waals surface area contributed by atoms with E-state index in [4.69, 9.17) is 27.9 Å². The van der Waals surface area contributed by atoms with Gasteiger partial charge in [0, 0.05) is 10.6 Å². The highest BCUT2D eigenvalue weighted by Crippen LogP contribution is 2.34. The summed E-state index contributed by atoms with van der Waals surface area (Å²) in [7, 11) is 0. The Balaban J connectivity index is 2.19. The van der Waals surface area contributed by atoms with Crippen LogP contribution in [0.4, 0.5) is 0 Å². The van der Waals surface area contributed by atoms with Crippen LogP contribution in [0.1, 0.15) is 39.0 Å². The summed E-state index contributed by atoms with van der Waals surface area (Å²) in [6.45, 7) is 5.50. The summed E-state index contributed by atoms with van der Waals surface area (Å²) in [5.41, 5.74) is 2.05. The average Bonchev–Trinajstić information content (AvgIpc) is 2.81. The van der Waals surface area contributed by atoms with Gasteiger partial charge in [-0.1, -0.05) is 29.3 Å². The molecule has 0 saturated heterocycles. The van der Waals surface area contributed by atoms with Crippen LogP contribution in [0.25, 0.3) is 0 Å². The second-order valence-electron chi connectivity index (χ2n) is 5.11. The van der Waals surface area contributed by atoms with Crippen LogP contribution in [-0.4, -0.2) is 29.1 Å². The molecule has 0 aliphatic heterocycles. The van der Waals surface area contributed by atoms with Crippen LogP contribution >= 0.6 is 35.0 Å². The molecular weight excluding hydrogens is 369 g/mol. The van der Waals surface area contributed by atoms with Crippen molar-refractivity contribution in [2.24, 2.45) is 0 Å². The van der Waals surface area contributed by atoms with Crippen molar-refractivity contribution in [1.29, 1.82) is 0 Å². The molecule has 7 heteroatoms. The summed E-state index contributed by atoms with van der Waals surface area (Å²) in [4.78, 5) is 28.2. The van der Waals surface area contributed by atoms with Crippen molar-refractivity contribution in [1.82, 2.24) is 4.98 Å². The number of carbonyl (C=O) groups is 2. The smallest absolute Gasteiger partial charge is 0.340 e. The van der Waals surface area contributed by atoms with Gasteiger partial charge in [0.25, 0.3) is 0 Å². The third-order valence-electron chi connectivity index (χ3n) is 3.46. The van der Waals surface area contributed by atoms with E-state index in [0.29, 0.717) is 37.5 Å². The molecule has 1 aromatic carbocycles. The van der Waals surface area contributed by atoms with Crippen molar-refractivity contribution in [2.45, 2.75) is 25.7 Å². The zero-order valence-electron chi connectivity index (χ0n) is 13.5. The van der Waals surface area contributed by atoms with E-state index in [2.05, 4.69) is 4.98 Å². The number of aryl methyl sites for hydroxylation is 1. The van der Waals surface area contributed by atoms with Crippen LogP contribution in [0.5, 0.6) is 0 Å². The number of rotatable bonds is 6. The molecule has 24 heavy (non-hydrogen) atoms. The van der Waals surface area contributed by atoms with E-state index in [0.717, 1.165) is 0 Å². The predicted molar refractivity (Wildman–Crippen MR) is 97.7 cm³/mol. The minimum Gasteiger partial charge on any atom is -0.462 e. The Morgan fingerprint density at radius 1 is 1.21 bits per heavy atom. The predicted octanol–water partition coefficient (Wildman–Crippen LogP) is 5.09. The minimum atomic E-state index is -0.426. The largest absolute Gasteiger partial charge is 0.462 e. The number of carbonyl (C=O) groups excluding carboxylic acids is 2. The number of ether oxygens (including phenoxy) is 1. The number of aromatic nitrogens is 1. The minimum absolute atomic E-state index is 0.132. The number of halogens is 2.